The first kappa shape index (κ1) is 12.1. The first-order valence-corrected chi connectivity index (χ1v) is 5.99. The molecule has 1 saturated heterocycles. The zero-order chi connectivity index (χ0) is 12.3. The number of amides is 1. The molecule has 0 bridgehead atoms. The molecule has 0 radical (unpaired) electrons. The minimum atomic E-state index is -0.194. The molecule has 1 fully saturated rings. The Bertz CT molecular complexity index is 380. The largest absolute Gasteiger partial charge is 0.369 e. The van der Waals surface area contributed by atoms with Crippen LogP contribution < -0.4 is 11.5 Å². The first-order valence-electron chi connectivity index (χ1n) is 5.99. The lowest BCUT2D eigenvalue weighted by Crippen LogP contribution is -2.32. The molecule has 17 heavy (non-hydrogen) atoms. The molecule has 1 aliphatic heterocycles. The summed E-state index contributed by atoms with van der Waals surface area (Å²) >= 11 is 0. The number of nitrogens with two attached hydrogens (primary N) is 2. The maximum Gasteiger partial charge on any atom is 0.221 e. The average Bonchev–Trinajstić information content (AvgIpc) is 2.79. The van der Waals surface area contributed by atoms with Crippen molar-refractivity contribution in [2.45, 2.75) is 12.5 Å². The third kappa shape index (κ3) is 3.05. The van der Waals surface area contributed by atoms with Crippen molar-refractivity contribution in [1.29, 1.82) is 0 Å². The van der Waals surface area contributed by atoms with E-state index in [1.165, 1.54) is 0 Å². The Balaban J connectivity index is 1.88. The Morgan fingerprint density at radius 3 is 2.71 bits per heavy atom. The number of carbonyl (C=O) groups is 1. The summed E-state index contributed by atoms with van der Waals surface area (Å²) in [5, 5.41) is 0. The highest BCUT2D eigenvalue weighted by atomic mass is 16.1. The molecule has 4 heteroatoms. The van der Waals surface area contributed by atoms with E-state index in [1.807, 2.05) is 30.3 Å². The molecule has 92 valence electrons. The van der Waals surface area contributed by atoms with Crippen LogP contribution in [0.15, 0.2) is 30.3 Å². The quantitative estimate of drug-likeness (QED) is 0.795. The van der Waals surface area contributed by atoms with Gasteiger partial charge in [-0.1, -0.05) is 30.3 Å². The summed E-state index contributed by atoms with van der Waals surface area (Å²) in [4.78, 5) is 13.3. The van der Waals surface area contributed by atoms with Gasteiger partial charge in [-0.15, -0.1) is 0 Å². The number of benzene rings is 1. The van der Waals surface area contributed by atoms with Gasteiger partial charge in [0.05, 0.1) is 5.92 Å². The minimum absolute atomic E-state index is 0.00188. The summed E-state index contributed by atoms with van der Waals surface area (Å²) in [5.41, 5.74) is 12.6. The molecule has 1 heterocycles. The normalized spacial score (nSPS) is 22.5. The summed E-state index contributed by atoms with van der Waals surface area (Å²) in [6.07, 6.45) is 0.858. The van der Waals surface area contributed by atoms with Gasteiger partial charge >= 0.3 is 0 Å². The fourth-order valence-corrected chi connectivity index (χ4v) is 2.31. The zero-order valence-corrected chi connectivity index (χ0v) is 9.88. The van der Waals surface area contributed by atoms with Crippen LogP contribution in [0.5, 0.6) is 0 Å². The maximum absolute atomic E-state index is 11.1. The van der Waals surface area contributed by atoms with Crippen molar-refractivity contribution in [3.05, 3.63) is 35.9 Å². The van der Waals surface area contributed by atoms with E-state index in [-0.39, 0.29) is 17.9 Å². The van der Waals surface area contributed by atoms with Crippen LogP contribution in [-0.2, 0) is 4.79 Å². The highest BCUT2D eigenvalue weighted by Gasteiger charge is 2.27. The smallest absolute Gasteiger partial charge is 0.221 e. The van der Waals surface area contributed by atoms with Crippen LogP contribution in [0.3, 0.4) is 0 Å². The summed E-state index contributed by atoms with van der Waals surface area (Å²) in [6, 6.07) is 10.0. The third-order valence-electron chi connectivity index (χ3n) is 3.36. The Morgan fingerprint density at radius 2 is 2.12 bits per heavy atom. The van der Waals surface area contributed by atoms with Gasteiger partial charge in [0.1, 0.15) is 0 Å². The topological polar surface area (TPSA) is 72.4 Å². The minimum Gasteiger partial charge on any atom is -0.369 e. The van der Waals surface area contributed by atoms with Gasteiger partial charge in [-0.25, -0.2) is 0 Å². The lowest BCUT2D eigenvalue weighted by molar-refractivity contribution is -0.121. The van der Waals surface area contributed by atoms with Crippen molar-refractivity contribution < 1.29 is 4.79 Å². The standard InChI is InChI=1S/C13H19N3O/c14-12(10-4-2-1-3-5-10)9-16-7-6-11(8-16)13(15)17/h1-5,11-12H,6-9,14H2,(H2,15,17). The molecule has 0 aromatic heterocycles. The lowest BCUT2D eigenvalue weighted by Gasteiger charge is -2.20. The van der Waals surface area contributed by atoms with Crippen LogP contribution in [0.25, 0.3) is 0 Å². The van der Waals surface area contributed by atoms with Crippen LogP contribution in [0.4, 0.5) is 0 Å². The molecule has 0 spiro atoms. The monoisotopic (exact) mass is 233 g/mol. The van der Waals surface area contributed by atoms with Gasteiger partial charge < -0.3 is 16.4 Å². The van der Waals surface area contributed by atoms with Crippen LogP contribution in [0.1, 0.15) is 18.0 Å². The number of hydrogen-bond donors (Lipinski definition) is 2. The summed E-state index contributed by atoms with van der Waals surface area (Å²) in [6.45, 7) is 2.44. The molecule has 1 aromatic carbocycles. The number of rotatable bonds is 4. The second-order valence-electron chi connectivity index (χ2n) is 4.66. The fraction of sp³-hybridized carbons (Fsp3) is 0.462. The fourth-order valence-electron chi connectivity index (χ4n) is 2.31. The van der Waals surface area contributed by atoms with E-state index in [2.05, 4.69) is 4.90 Å². The Labute approximate surface area is 102 Å². The lowest BCUT2D eigenvalue weighted by atomic mass is 10.1. The Hall–Kier alpha value is -1.39. The predicted molar refractivity (Wildman–Crippen MR) is 67.1 cm³/mol. The van der Waals surface area contributed by atoms with Crippen molar-refractivity contribution >= 4 is 5.91 Å². The first-order chi connectivity index (χ1) is 8.16. The van der Waals surface area contributed by atoms with Gasteiger partial charge in [0, 0.05) is 19.1 Å². The molecule has 0 saturated carbocycles. The number of carbonyl (C=O) groups excluding carboxylic acids is 1. The van der Waals surface area contributed by atoms with Crippen molar-refractivity contribution in [2.75, 3.05) is 19.6 Å². The van der Waals surface area contributed by atoms with Crippen molar-refractivity contribution in [2.24, 2.45) is 17.4 Å². The molecular weight excluding hydrogens is 214 g/mol. The number of nitrogens with zero attached hydrogens (tertiary/aromatic N) is 1. The van der Waals surface area contributed by atoms with Gasteiger partial charge in [0.25, 0.3) is 0 Å². The molecule has 2 unspecified atom stereocenters. The van der Waals surface area contributed by atoms with Gasteiger partial charge in [-0.05, 0) is 18.5 Å². The van der Waals surface area contributed by atoms with E-state index >= 15 is 0 Å². The van der Waals surface area contributed by atoms with Crippen LogP contribution in [0, 0.1) is 5.92 Å². The van der Waals surface area contributed by atoms with Crippen LogP contribution in [0.2, 0.25) is 0 Å². The summed E-state index contributed by atoms with van der Waals surface area (Å²) in [7, 11) is 0. The average molecular weight is 233 g/mol. The van der Waals surface area contributed by atoms with Crippen molar-refractivity contribution in [3.63, 3.8) is 0 Å². The molecule has 4 N–H and O–H groups in total. The molecular formula is C13H19N3O. The highest BCUT2D eigenvalue weighted by Crippen LogP contribution is 2.19. The van der Waals surface area contributed by atoms with Gasteiger partial charge in [0.2, 0.25) is 5.91 Å². The van der Waals surface area contributed by atoms with E-state index in [0.717, 1.165) is 31.6 Å². The maximum atomic E-state index is 11.1. The zero-order valence-electron chi connectivity index (χ0n) is 9.88. The number of hydrogen-bond acceptors (Lipinski definition) is 3. The van der Waals surface area contributed by atoms with Crippen molar-refractivity contribution in [3.8, 4) is 0 Å². The SMILES string of the molecule is NC(=O)C1CCN(CC(N)c2ccccc2)C1. The molecule has 1 aliphatic rings. The molecule has 1 aromatic rings. The highest BCUT2D eigenvalue weighted by molar-refractivity contribution is 5.77. The summed E-state index contributed by atoms with van der Waals surface area (Å²) in [5.74, 6) is -0.196. The van der Waals surface area contributed by atoms with E-state index in [4.69, 9.17) is 11.5 Å². The van der Waals surface area contributed by atoms with E-state index in [9.17, 15) is 4.79 Å². The van der Waals surface area contributed by atoms with Crippen LogP contribution in [-0.4, -0.2) is 30.4 Å². The summed E-state index contributed by atoms with van der Waals surface area (Å²) < 4.78 is 0. The second-order valence-corrected chi connectivity index (χ2v) is 4.66. The van der Waals surface area contributed by atoms with Crippen LogP contribution >= 0.6 is 0 Å². The molecule has 2 atom stereocenters. The van der Waals surface area contributed by atoms with Crippen molar-refractivity contribution in [1.82, 2.24) is 4.90 Å². The van der Waals surface area contributed by atoms with Gasteiger partial charge in [-0.3, -0.25) is 4.79 Å². The molecule has 4 nitrogen and oxygen atoms in total. The number of primary amides is 1. The molecule has 1 amide bonds. The predicted octanol–water partition coefficient (Wildman–Crippen LogP) is 0.494. The van der Waals surface area contributed by atoms with E-state index in [1.54, 1.807) is 0 Å². The molecule has 0 aliphatic carbocycles. The Morgan fingerprint density at radius 1 is 1.41 bits per heavy atom. The Kier molecular flexibility index (Phi) is 3.76. The van der Waals surface area contributed by atoms with Gasteiger partial charge in [0.15, 0.2) is 0 Å². The number of likely N-dealkylation sites (tertiary alicyclic amines) is 1. The second kappa shape index (κ2) is 5.29. The third-order valence-corrected chi connectivity index (χ3v) is 3.36. The van der Waals surface area contributed by atoms with E-state index < -0.39 is 0 Å². The molecule has 2 rings (SSSR count). The van der Waals surface area contributed by atoms with E-state index in [0.29, 0.717) is 0 Å². The van der Waals surface area contributed by atoms with Gasteiger partial charge in [-0.2, -0.15) is 0 Å².